The van der Waals surface area contributed by atoms with E-state index in [1.54, 1.807) is 0 Å². The Morgan fingerprint density at radius 2 is 1.56 bits per heavy atom. The Morgan fingerprint density at radius 3 is 2.19 bits per heavy atom. The zero-order valence-corrected chi connectivity index (χ0v) is 11.7. The number of hydrogen-bond donors (Lipinski definition) is 1. The van der Waals surface area contributed by atoms with E-state index in [0.29, 0.717) is 12.1 Å². The zero-order chi connectivity index (χ0) is 12.2. The monoisotopic (exact) mass is 229 g/mol. The highest BCUT2D eigenvalue weighted by Gasteiger charge is 2.02. The second kappa shape index (κ2) is 11.4. The third kappa shape index (κ3) is 12.0. The summed E-state index contributed by atoms with van der Waals surface area (Å²) in [6, 6.07) is 0.556. The van der Waals surface area contributed by atoms with Gasteiger partial charge in [-0.05, 0) is 13.3 Å². The third-order valence-corrected chi connectivity index (χ3v) is 2.71. The topological polar surface area (TPSA) is 21.3 Å². The molecule has 0 spiro atoms. The highest BCUT2D eigenvalue weighted by atomic mass is 16.5. The van der Waals surface area contributed by atoms with Crippen molar-refractivity contribution in [1.29, 1.82) is 0 Å². The van der Waals surface area contributed by atoms with Gasteiger partial charge in [-0.2, -0.15) is 0 Å². The van der Waals surface area contributed by atoms with E-state index < -0.39 is 0 Å². The molecule has 0 aromatic carbocycles. The molecule has 0 aliphatic carbocycles. The van der Waals surface area contributed by atoms with Crippen molar-refractivity contribution in [1.82, 2.24) is 5.32 Å². The van der Waals surface area contributed by atoms with Crippen molar-refractivity contribution in [3.8, 4) is 0 Å². The van der Waals surface area contributed by atoms with Crippen LogP contribution in [0.2, 0.25) is 0 Å². The summed E-state index contributed by atoms with van der Waals surface area (Å²) in [5, 5.41) is 3.39. The fraction of sp³-hybridized carbons (Fsp3) is 1.00. The number of rotatable bonds is 11. The van der Waals surface area contributed by atoms with Crippen molar-refractivity contribution >= 4 is 0 Å². The summed E-state index contributed by atoms with van der Waals surface area (Å²) < 4.78 is 5.74. The summed E-state index contributed by atoms with van der Waals surface area (Å²) in [4.78, 5) is 0. The first-order valence-electron chi connectivity index (χ1n) is 7.01. The van der Waals surface area contributed by atoms with Crippen LogP contribution in [-0.2, 0) is 4.74 Å². The van der Waals surface area contributed by atoms with Crippen LogP contribution in [0.5, 0.6) is 0 Å². The normalized spacial score (nSPS) is 13.3. The Hall–Kier alpha value is -0.0800. The van der Waals surface area contributed by atoms with Crippen molar-refractivity contribution in [2.45, 2.75) is 78.4 Å². The lowest BCUT2D eigenvalue weighted by molar-refractivity contribution is 0.0618. The van der Waals surface area contributed by atoms with Gasteiger partial charge in [0.25, 0.3) is 0 Å². The second-order valence-corrected chi connectivity index (χ2v) is 5.01. The molecule has 0 aromatic rings. The third-order valence-electron chi connectivity index (χ3n) is 2.71. The van der Waals surface area contributed by atoms with Crippen LogP contribution in [0.1, 0.15) is 66.2 Å². The molecule has 0 saturated carbocycles. The highest BCUT2D eigenvalue weighted by Crippen LogP contribution is 2.05. The molecule has 0 bridgehead atoms. The van der Waals surface area contributed by atoms with Crippen LogP contribution in [0, 0.1) is 0 Å². The van der Waals surface area contributed by atoms with E-state index in [1.807, 2.05) is 0 Å². The van der Waals surface area contributed by atoms with E-state index in [2.05, 4.69) is 33.0 Å². The summed E-state index contributed by atoms with van der Waals surface area (Å²) in [5.41, 5.74) is 0. The standard InChI is InChI=1S/C14H31NO/c1-5-6-7-8-9-10-11-16-14(4)12-15-13(2)3/h13-15H,5-12H2,1-4H3. The summed E-state index contributed by atoms with van der Waals surface area (Å²) >= 11 is 0. The SMILES string of the molecule is CCCCCCCCOC(C)CNC(C)C. The maximum atomic E-state index is 5.74. The molecule has 0 aliphatic rings. The molecule has 0 rings (SSSR count). The van der Waals surface area contributed by atoms with Gasteiger partial charge >= 0.3 is 0 Å². The second-order valence-electron chi connectivity index (χ2n) is 5.01. The Labute approximate surface area is 102 Å². The lowest BCUT2D eigenvalue weighted by Crippen LogP contribution is -2.32. The van der Waals surface area contributed by atoms with Crippen LogP contribution in [0.25, 0.3) is 0 Å². The minimum Gasteiger partial charge on any atom is -0.377 e. The highest BCUT2D eigenvalue weighted by molar-refractivity contribution is 4.58. The van der Waals surface area contributed by atoms with E-state index in [9.17, 15) is 0 Å². The molecule has 2 heteroatoms. The summed E-state index contributed by atoms with van der Waals surface area (Å²) in [6.07, 6.45) is 8.36. The quantitative estimate of drug-likeness (QED) is 0.545. The van der Waals surface area contributed by atoms with Crippen LogP contribution in [0.4, 0.5) is 0 Å². The van der Waals surface area contributed by atoms with Gasteiger partial charge in [0.2, 0.25) is 0 Å². The van der Waals surface area contributed by atoms with Gasteiger partial charge < -0.3 is 10.1 Å². The van der Waals surface area contributed by atoms with Crippen molar-refractivity contribution < 1.29 is 4.74 Å². The van der Waals surface area contributed by atoms with Gasteiger partial charge in [0.05, 0.1) is 6.10 Å². The van der Waals surface area contributed by atoms with Crippen LogP contribution in [0.3, 0.4) is 0 Å². The maximum Gasteiger partial charge on any atom is 0.0671 e. The minimum atomic E-state index is 0.345. The molecule has 0 amide bonds. The van der Waals surface area contributed by atoms with Gasteiger partial charge in [0.1, 0.15) is 0 Å². The van der Waals surface area contributed by atoms with Gasteiger partial charge in [-0.1, -0.05) is 52.9 Å². The molecule has 0 aliphatic heterocycles. The van der Waals surface area contributed by atoms with Gasteiger partial charge in [-0.25, -0.2) is 0 Å². The van der Waals surface area contributed by atoms with Crippen LogP contribution in [0.15, 0.2) is 0 Å². The molecular weight excluding hydrogens is 198 g/mol. The molecule has 0 heterocycles. The summed E-state index contributed by atoms with van der Waals surface area (Å²) in [6.45, 7) is 10.6. The predicted octanol–water partition coefficient (Wildman–Crippen LogP) is 3.75. The van der Waals surface area contributed by atoms with E-state index in [4.69, 9.17) is 4.74 Å². The zero-order valence-electron chi connectivity index (χ0n) is 11.7. The van der Waals surface area contributed by atoms with Crippen molar-refractivity contribution in [3.05, 3.63) is 0 Å². The van der Waals surface area contributed by atoms with Gasteiger partial charge in [-0.3, -0.25) is 0 Å². The average molecular weight is 229 g/mol. The largest absolute Gasteiger partial charge is 0.377 e. The van der Waals surface area contributed by atoms with Crippen LogP contribution in [-0.4, -0.2) is 25.3 Å². The van der Waals surface area contributed by atoms with Gasteiger partial charge in [0.15, 0.2) is 0 Å². The molecule has 0 radical (unpaired) electrons. The first kappa shape index (κ1) is 15.9. The predicted molar refractivity (Wildman–Crippen MR) is 71.9 cm³/mol. The van der Waals surface area contributed by atoms with E-state index in [0.717, 1.165) is 13.2 Å². The molecule has 1 N–H and O–H groups in total. The lowest BCUT2D eigenvalue weighted by Gasteiger charge is -2.15. The fourth-order valence-corrected chi connectivity index (χ4v) is 1.63. The first-order chi connectivity index (χ1) is 7.66. The minimum absolute atomic E-state index is 0.345. The van der Waals surface area contributed by atoms with E-state index >= 15 is 0 Å². The van der Waals surface area contributed by atoms with Crippen molar-refractivity contribution in [2.24, 2.45) is 0 Å². The smallest absolute Gasteiger partial charge is 0.0671 e. The Bertz CT molecular complexity index is 137. The number of unbranched alkanes of at least 4 members (excludes halogenated alkanes) is 5. The molecule has 1 atom stereocenters. The number of hydrogen-bond acceptors (Lipinski definition) is 2. The fourth-order valence-electron chi connectivity index (χ4n) is 1.63. The van der Waals surface area contributed by atoms with Crippen LogP contribution >= 0.6 is 0 Å². The molecule has 16 heavy (non-hydrogen) atoms. The molecular formula is C14H31NO. The molecule has 0 saturated heterocycles. The molecule has 98 valence electrons. The van der Waals surface area contributed by atoms with E-state index in [-0.39, 0.29) is 0 Å². The molecule has 1 unspecified atom stereocenters. The number of ether oxygens (including phenoxy) is 1. The Balaban J connectivity index is 3.12. The molecule has 0 fully saturated rings. The van der Waals surface area contributed by atoms with Gasteiger partial charge in [0, 0.05) is 19.2 Å². The summed E-state index contributed by atoms with van der Waals surface area (Å²) in [7, 11) is 0. The average Bonchev–Trinajstić information content (AvgIpc) is 2.25. The molecule has 0 aromatic heterocycles. The lowest BCUT2D eigenvalue weighted by atomic mass is 10.1. The Kier molecular flexibility index (Phi) is 11.3. The van der Waals surface area contributed by atoms with Crippen molar-refractivity contribution in [3.63, 3.8) is 0 Å². The summed E-state index contributed by atoms with van der Waals surface area (Å²) in [5.74, 6) is 0. The van der Waals surface area contributed by atoms with E-state index in [1.165, 1.54) is 38.5 Å². The first-order valence-corrected chi connectivity index (χ1v) is 7.01. The van der Waals surface area contributed by atoms with Crippen molar-refractivity contribution in [2.75, 3.05) is 13.2 Å². The maximum absolute atomic E-state index is 5.74. The van der Waals surface area contributed by atoms with Gasteiger partial charge in [-0.15, -0.1) is 0 Å². The Morgan fingerprint density at radius 1 is 0.938 bits per heavy atom. The number of nitrogens with one attached hydrogen (secondary N) is 1. The molecule has 2 nitrogen and oxygen atoms in total. The van der Waals surface area contributed by atoms with Crippen LogP contribution < -0.4 is 5.32 Å².